The highest BCUT2D eigenvalue weighted by Gasteiger charge is 2.43. The summed E-state index contributed by atoms with van der Waals surface area (Å²) in [6.07, 6.45) is -3.71. The summed E-state index contributed by atoms with van der Waals surface area (Å²) in [7, 11) is 0. The van der Waals surface area contributed by atoms with E-state index in [9.17, 15) is 24.6 Å². The Kier molecular flexibility index (Phi) is 4.14. The predicted octanol–water partition coefficient (Wildman–Crippen LogP) is -3.11. The SMILES string of the molecule is O=CCc1cn([C@@H]2O[C@H](CO)[C@@H](O)[C@H]2O)c(=O)[nH]c1=O. The first-order valence-corrected chi connectivity index (χ1v) is 5.90. The number of nitrogens with one attached hydrogen (secondary N) is 1. The van der Waals surface area contributed by atoms with Crippen LogP contribution in [0, 0.1) is 0 Å². The number of nitrogens with zero attached hydrogens (tertiary/aromatic N) is 1. The second-order valence-corrected chi connectivity index (χ2v) is 4.42. The summed E-state index contributed by atoms with van der Waals surface area (Å²) in [5.74, 6) is 0. The van der Waals surface area contributed by atoms with Gasteiger partial charge >= 0.3 is 5.69 Å². The number of carbonyl (C=O) groups excluding carboxylic acids is 1. The molecule has 0 saturated carbocycles. The zero-order chi connectivity index (χ0) is 14.9. The fraction of sp³-hybridized carbons (Fsp3) is 0.545. The summed E-state index contributed by atoms with van der Waals surface area (Å²) < 4.78 is 6.06. The summed E-state index contributed by atoms with van der Waals surface area (Å²) in [5.41, 5.74) is -1.53. The first-order valence-electron chi connectivity index (χ1n) is 5.90. The molecule has 2 rings (SSSR count). The molecule has 4 N–H and O–H groups in total. The van der Waals surface area contributed by atoms with Crippen LogP contribution >= 0.6 is 0 Å². The molecule has 9 heteroatoms. The Labute approximate surface area is 112 Å². The van der Waals surface area contributed by atoms with Crippen LogP contribution in [0.3, 0.4) is 0 Å². The number of aldehydes is 1. The Morgan fingerprint density at radius 2 is 2.05 bits per heavy atom. The molecule has 1 aliphatic rings. The molecule has 0 spiro atoms. The van der Waals surface area contributed by atoms with E-state index >= 15 is 0 Å². The number of aliphatic hydroxyl groups excluding tert-OH is 3. The van der Waals surface area contributed by atoms with Crippen molar-refractivity contribution < 1.29 is 24.9 Å². The molecule has 0 aromatic carbocycles. The first kappa shape index (κ1) is 14.6. The van der Waals surface area contributed by atoms with E-state index in [1.165, 1.54) is 0 Å². The maximum Gasteiger partial charge on any atom is 0.330 e. The van der Waals surface area contributed by atoms with Crippen molar-refractivity contribution in [2.24, 2.45) is 0 Å². The molecular formula is C11H14N2O7. The van der Waals surface area contributed by atoms with E-state index in [-0.39, 0.29) is 12.0 Å². The third kappa shape index (κ3) is 2.43. The van der Waals surface area contributed by atoms with Gasteiger partial charge in [-0.05, 0) is 0 Å². The second-order valence-electron chi connectivity index (χ2n) is 4.42. The molecule has 1 saturated heterocycles. The number of aromatic nitrogens is 2. The number of hydrogen-bond acceptors (Lipinski definition) is 7. The summed E-state index contributed by atoms with van der Waals surface area (Å²) >= 11 is 0. The smallest absolute Gasteiger partial charge is 0.330 e. The van der Waals surface area contributed by atoms with Gasteiger partial charge < -0.3 is 24.9 Å². The molecule has 110 valence electrons. The van der Waals surface area contributed by atoms with E-state index in [2.05, 4.69) is 0 Å². The summed E-state index contributed by atoms with van der Waals surface area (Å²) in [4.78, 5) is 35.6. The van der Waals surface area contributed by atoms with Crippen molar-refractivity contribution in [3.63, 3.8) is 0 Å². The quantitative estimate of drug-likeness (QED) is 0.429. The molecule has 0 unspecified atom stereocenters. The van der Waals surface area contributed by atoms with Crippen molar-refractivity contribution in [1.29, 1.82) is 0 Å². The molecule has 1 aliphatic heterocycles. The van der Waals surface area contributed by atoms with Crippen LogP contribution in [-0.4, -0.2) is 56.1 Å². The predicted molar refractivity (Wildman–Crippen MR) is 64.1 cm³/mol. The van der Waals surface area contributed by atoms with Crippen molar-refractivity contribution in [2.75, 3.05) is 6.61 Å². The summed E-state index contributed by atoms with van der Waals surface area (Å²) in [6, 6.07) is 0. The molecule has 0 bridgehead atoms. The molecule has 1 fully saturated rings. The standard InChI is InChI=1S/C11H14N2O7/c14-2-1-5-3-13(11(19)12-9(5)18)10-8(17)7(16)6(4-15)20-10/h2-3,6-8,10,15-17H,1,4H2,(H,12,18,19)/t6-,7-,8-,10-/m1/s1. The van der Waals surface area contributed by atoms with Crippen LogP contribution in [-0.2, 0) is 16.0 Å². The topological polar surface area (TPSA) is 142 Å². The lowest BCUT2D eigenvalue weighted by Gasteiger charge is -2.17. The van der Waals surface area contributed by atoms with Gasteiger partial charge in [0.1, 0.15) is 24.6 Å². The second kappa shape index (κ2) is 5.67. The van der Waals surface area contributed by atoms with Gasteiger partial charge in [0.15, 0.2) is 6.23 Å². The van der Waals surface area contributed by atoms with Crippen molar-refractivity contribution in [1.82, 2.24) is 9.55 Å². The normalized spacial score (nSPS) is 29.6. The highest BCUT2D eigenvalue weighted by Crippen LogP contribution is 2.27. The molecule has 4 atom stereocenters. The van der Waals surface area contributed by atoms with E-state index in [1.54, 1.807) is 0 Å². The first-order chi connectivity index (χ1) is 9.49. The van der Waals surface area contributed by atoms with Crippen molar-refractivity contribution >= 4 is 6.29 Å². The van der Waals surface area contributed by atoms with Crippen molar-refractivity contribution in [2.45, 2.75) is 31.0 Å². The summed E-state index contributed by atoms with van der Waals surface area (Å²) in [6.45, 7) is -0.534. The van der Waals surface area contributed by atoms with Crippen molar-refractivity contribution in [3.05, 3.63) is 32.6 Å². The lowest BCUT2D eigenvalue weighted by molar-refractivity contribution is -0.107. The van der Waals surface area contributed by atoms with Gasteiger partial charge in [-0.15, -0.1) is 0 Å². The van der Waals surface area contributed by atoms with Crippen LogP contribution in [0.1, 0.15) is 11.8 Å². The van der Waals surface area contributed by atoms with Gasteiger partial charge in [0.2, 0.25) is 0 Å². The monoisotopic (exact) mass is 286 g/mol. The number of ether oxygens (including phenoxy) is 1. The minimum absolute atomic E-state index is 0.0253. The molecule has 0 aliphatic carbocycles. The zero-order valence-corrected chi connectivity index (χ0v) is 10.3. The van der Waals surface area contributed by atoms with Crippen LogP contribution < -0.4 is 11.2 Å². The van der Waals surface area contributed by atoms with Gasteiger partial charge in [0.05, 0.1) is 6.61 Å². The molecular weight excluding hydrogens is 272 g/mol. The fourth-order valence-corrected chi connectivity index (χ4v) is 2.06. The zero-order valence-electron chi connectivity index (χ0n) is 10.3. The largest absolute Gasteiger partial charge is 0.394 e. The minimum atomic E-state index is -1.44. The maximum atomic E-state index is 11.7. The fourth-order valence-electron chi connectivity index (χ4n) is 2.06. The number of H-pyrrole nitrogens is 1. The highest BCUT2D eigenvalue weighted by atomic mass is 16.6. The van der Waals surface area contributed by atoms with E-state index < -0.39 is 42.4 Å². The Balaban J connectivity index is 2.43. The third-order valence-electron chi connectivity index (χ3n) is 3.14. The van der Waals surface area contributed by atoms with Gasteiger partial charge in [0, 0.05) is 18.2 Å². The Bertz CT molecular complexity index is 608. The Morgan fingerprint density at radius 1 is 1.35 bits per heavy atom. The lowest BCUT2D eigenvalue weighted by Crippen LogP contribution is -2.39. The number of carbonyl (C=O) groups is 1. The van der Waals surface area contributed by atoms with E-state index in [4.69, 9.17) is 9.84 Å². The van der Waals surface area contributed by atoms with Gasteiger partial charge in [-0.1, -0.05) is 0 Å². The minimum Gasteiger partial charge on any atom is -0.394 e. The Morgan fingerprint density at radius 3 is 2.60 bits per heavy atom. The highest BCUT2D eigenvalue weighted by molar-refractivity contribution is 5.54. The van der Waals surface area contributed by atoms with Crippen molar-refractivity contribution in [3.8, 4) is 0 Å². The molecule has 0 radical (unpaired) electrons. The van der Waals surface area contributed by atoms with Gasteiger partial charge in [-0.2, -0.15) is 0 Å². The van der Waals surface area contributed by atoms with Crippen LogP contribution in [0.5, 0.6) is 0 Å². The third-order valence-corrected chi connectivity index (χ3v) is 3.14. The molecule has 20 heavy (non-hydrogen) atoms. The van der Waals surface area contributed by atoms with Gasteiger partial charge in [0.25, 0.3) is 5.56 Å². The molecule has 1 aromatic heterocycles. The summed E-state index contributed by atoms with van der Waals surface area (Å²) in [5, 5.41) is 28.4. The van der Waals surface area contributed by atoms with Gasteiger partial charge in [-0.25, -0.2) is 4.79 Å². The Hall–Kier alpha value is -1.81. The van der Waals surface area contributed by atoms with Crippen LogP contribution in [0.15, 0.2) is 15.8 Å². The average molecular weight is 286 g/mol. The molecule has 0 amide bonds. The van der Waals surface area contributed by atoms with E-state index in [1.807, 2.05) is 4.98 Å². The van der Waals surface area contributed by atoms with Crippen LogP contribution in [0.4, 0.5) is 0 Å². The van der Waals surface area contributed by atoms with Gasteiger partial charge in [-0.3, -0.25) is 14.3 Å². The number of hydrogen-bond donors (Lipinski definition) is 4. The average Bonchev–Trinajstić information content (AvgIpc) is 2.70. The van der Waals surface area contributed by atoms with Crippen LogP contribution in [0.2, 0.25) is 0 Å². The van der Waals surface area contributed by atoms with E-state index in [0.717, 1.165) is 10.8 Å². The molecule has 1 aromatic rings. The van der Waals surface area contributed by atoms with Crippen LogP contribution in [0.25, 0.3) is 0 Å². The maximum absolute atomic E-state index is 11.7. The molecule has 9 nitrogen and oxygen atoms in total. The number of aromatic amines is 1. The number of aliphatic hydroxyl groups is 3. The van der Waals surface area contributed by atoms with E-state index in [0.29, 0.717) is 6.29 Å². The molecule has 2 heterocycles. The number of rotatable bonds is 4. The lowest BCUT2D eigenvalue weighted by atomic mass is 10.1.